The van der Waals surface area contributed by atoms with Gasteiger partial charge in [0.1, 0.15) is 10.6 Å². The number of fused-ring (bicyclic) bond motifs is 1. The second-order valence-electron chi connectivity index (χ2n) is 10.0. The second-order valence-corrected chi connectivity index (χ2v) is 11.7. The van der Waals surface area contributed by atoms with Gasteiger partial charge in [-0.25, -0.2) is 8.42 Å². The van der Waals surface area contributed by atoms with E-state index in [0.717, 1.165) is 28.0 Å². The van der Waals surface area contributed by atoms with E-state index in [1.165, 1.54) is 6.07 Å². The van der Waals surface area contributed by atoms with Gasteiger partial charge in [0.05, 0.1) is 18.3 Å². The van der Waals surface area contributed by atoms with Crippen LogP contribution in [-0.4, -0.2) is 57.5 Å². The normalized spacial score (nSPS) is 13.6. The van der Waals surface area contributed by atoms with Gasteiger partial charge >= 0.3 is 0 Å². The van der Waals surface area contributed by atoms with Gasteiger partial charge in [-0.15, -0.1) is 0 Å². The van der Waals surface area contributed by atoms with Crippen LogP contribution in [0.5, 0.6) is 5.75 Å². The number of piperazine rings is 1. The Kier molecular flexibility index (Phi) is 7.50. The number of pyridine rings is 1. The molecule has 0 spiro atoms. The number of rotatable bonds is 7. The van der Waals surface area contributed by atoms with Crippen molar-refractivity contribution >= 4 is 38.2 Å². The monoisotopic (exact) mass is 578 g/mol. The number of nitrogens with one attached hydrogen (secondary N) is 1. The van der Waals surface area contributed by atoms with Crippen molar-refractivity contribution in [2.75, 3.05) is 42.9 Å². The number of para-hydroxylation sites is 1. The lowest BCUT2D eigenvalue weighted by Crippen LogP contribution is -2.48. The molecule has 1 fully saturated rings. The highest BCUT2D eigenvalue weighted by molar-refractivity contribution is 7.93. The van der Waals surface area contributed by atoms with Crippen molar-refractivity contribution in [1.82, 2.24) is 9.88 Å². The predicted octanol–water partition coefficient (Wildman–Crippen LogP) is 5.67. The Labute approximate surface area is 245 Å². The minimum atomic E-state index is -3.87. The van der Waals surface area contributed by atoms with E-state index in [2.05, 4.69) is 44.9 Å². The van der Waals surface area contributed by atoms with E-state index in [0.29, 0.717) is 42.9 Å². The first kappa shape index (κ1) is 27.3. The Morgan fingerprint density at radius 1 is 0.810 bits per heavy atom. The van der Waals surface area contributed by atoms with Gasteiger partial charge in [-0.05, 0) is 59.7 Å². The molecule has 0 saturated carbocycles. The average Bonchev–Trinajstić information content (AvgIpc) is 3.04. The van der Waals surface area contributed by atoms with Crippen LogP contribution < -0.4 is 14.4 Å². The van der Waals surface area contributed by atoms with E-state index in [-0.39, 0.29) is 10.8 Å². The van der Waals surface area contributed by atoms with Crippen molar-refractivity contribution in [1.29, 1.82) is 0 Å². The van der Waals surface area contributed by atoms with E-state index in [4.69, 9.17) is 4.74 Å². The average molecular weight is 579 g/mol. The first-order chi connectivity index (χ1) is 20.4. The summed E-state index contributed by atoms with van der Waals surface area (Å²) < 4.78 is 34.6. The molecule has 4 aromatic carbocycles. The Hall–Kier alpha value is -4.89. The smallest absolute Gasteiger partial charge is 0.264 e. The molecule has 1 N–H and O–H groups in total. The molecule has 0 unspecified atom stereocenters. The number of carbonyl (C=O) groups is 1. The number of hydrogen-bond donors (Lipinski definition) is 1. The summed E-state index contributed by atoms with van der Waals surface area (Å²) in [4.78, 5) is 21.7. The van der Waals surface area contributed by atoms with Crippen LogP contribution in [0.15, 0.2) is 114 Å². The van der Waals surface area contributed by atoms with Crippen LogP contribution in [0.2, 0.25) is 0 Å². The van der Waals surface area contributed by atoms with Crippen LogP contribution in [0, 0.1) is 0 Å². The van der Waals surface area contributed by atoms with Gasteiger partial charge in [0.25, 0.3) is 15.9 Å². The lowest BCUT2D eigenvalue weighted by Gasteiger charge is -2.36. The predicted molar refractivity (Wildman–Crippen MR) is 166 cm³/mol. The van der Waals surface area contributed by atoms with Crippen molar-refractivity contribution in [2.24, 2.45) is 0 Å². The molecule has 0 radical (unpaired) electrons. The van der Waals surface area contributed by atoms with E-state index in [1.54, 1.807) is 49.7 Å². The Bertz CT molecular complexity index is 1830. The van der Waals surface area contributed by atoms with Crippen molar-refractivity contribution in [3.63, 3.8) is 0 Å². The molecule has 1 aliphatic rings. The van der Waals surface area contributed by atoms with Crippen molar-refractivity contribution in [2.45, 2.75) is 4.90 Å². The fourth-order valence-corrected chi connectivity index (χ4v) is 6.51. The van der Waals surface area contributed by atoms with E-state index >= 15 is 0 Å². The number of amides is 1. The fourth-order valence-electron chi connectivity index (χ4n) is 5.27. The lowest BCUT2D eigenvalue weighted by atomic mass is 10.0. The SMILES string of the molecule is COc1cc(-c2ccccc2)ccc1N1CCN(C(=O)c2ccc(NS(=O)(=O)c3cccc4cccnc34)cc2)CC1. The summed E-state index contributed by atoms with van der Waals surface area (Å²) in [5.41, 5.74) is 4.50. The maximum atomic E-state index is 13.3. The van der Waals surface area contributed by atoms with Gasteiger partial charge in [-0.2, -0.15) is 0 Å². The largest absolute Gasteiger partial charge is 0.495 e. The minimum Gasteiger partial charge on any atom is -0.495 e. The van der Waals surface area contributed by atoms with Gasteiger partial charge in [-0.3, -0.25) is 14.5 Å². The number of hydrogen-bond acceptors (Lipinski definition) is 6. The van der Waals surface area contributed by atoms with Crippen LogP contribution >= 0.6 is 0 Å². The topological polar surface area (TPSA) is 91.8 Å². The van der Waals surface area contributed by atoms with Gasteiger partial charge in [0, 0.05) is 49.0 Å². The van der Waals surface area contributed by atoms with E-state index < -0.39 is 10.0 Å². The van der Waals surface area contributed by atoms with Crippen LogP contribution in [0.1, 0.15) is 10.4 Å². The Balaban J connectivity index is 1.10. The quantitative estimate of drug-likeness (QED) is 0.268. The summed E-state index contributed by atoms with van der Waals surface area (Å²) in [7, 11) is -2.20. The highest BCUT2D eigenvalue weighted by Crippen LogP contribution is 2.34. The summed E-state index contributed by atoms with van der Waals surface area (Å²) in [6, 6.07) is 31.5. The molecule has 212 valence electrons. The number of benzene rings is 4. The standard InChI is InChI=1S/C33H30N4O4S/c1-41-30-23-27(24-7-3-2-4-8-24)14-17-29(30)36-19-21-37(22-20-36)33(38)26-12-15-28(16-13-26)35-42(39,40)31-11-5-9-25-10-6-18-34-32(25)31/h2-18,23,35H,19-22H2,1H3. The molecule has 2 heterocycles. The molecule has 1 saturated heterocycles. The third kappa shape index (κ3) is 5.51. The van der Waals surface area contributed by atoms with Gasteiger partial charge < -0.3 is 14.5 Å². The van der Waals surface area contributed by atoms with E-state index in [1.807, 2.05) is 35.2 Å². The van der Waals surface area contributed by atoms with Gasteiger partial charge in [-0.1, -0.05) is 54.6 Å². The molecule has 8 nitrogen and oxygen atoms in total. The zero-order chi connectivity index (χ0) is 29.1. The molecule has 0 atom stereocenters. The highest BCUT2D eigenvalue weighted by Gasteiger charge is 2.25. The maximum Gasteiger partial charge on any atom is 0.264 e. The molecule has 1 aliphatic heterocycles. The molecule has 1 amide bonds. The maximum absolute atomic E-state index is 13.3. The zero-order valence-electron chi connectivity index (χ0n) is 23.1. The summed E-state index contributed by atoms with van der Waals surface area (Å²) in [5, 5.41) is 0.740. The summed E-state index contributed by atoms with van der Waals surface area (Å²) in [6.45, 7) is 2.46. The Morgan fingerprint density at radius 2 is 1.55 bits per heavy atom. The lowest BCUT2D eigenvalue weighted by molar-refractivity contribution is 0.0746. The summed E-state index contributed by atoms with van der Waals surface area (Å²) in [5.74, 6) is 0.710. The fraction of sp³-hybridized carbons (Fsp3) is 0.152. The molecular weight excluding hydrogens is 548 g/mol. The molecular formula is C33H30N4O4S. The zero-order valence-corrected chi connectivity index (χ0v) is 23.9. The van der Waals surface area contributed by atoms with E-state index in [9.17, 15) is 13.2 Å². The number of nitrogens with zero attached hydrogens (tertiary/aromatic N) is 3. The second kappa shape index (κ2) is 11.5. The van der Waals surface area contributed by atoms with Gasteiger partial charge in [0.15, 0.2) is 0 Å². The number of aromatic nitrogens is 1. The summed E-state index contributed by atoms with van der Waals surface area (Å²) in [6.07, 6.45) is 1.57. The molecule has 9 heteroatoms. The third-order valence-corrected chi connectivity index (χ3v) is 8.88. The first-order valence-electron chi connectivity index (χ1n) is 13.7. The number of methoxy groups -OCH3 is 1. The third-order valence-electron chi connectivity index (χ3n) is 7.46. The minimum absolute atomic E-state index is 0.0892. The van der Waals surface area contributed by atoms with Crippen LogP contribution in [0.4, 0.5) is 11.4 Å². The molecule has 42 heavy (non-hydrogen) atoms. The van der Waals surface area contributed by atoms with Crippen molar-refractivity contribution < 1.29 is 17.9 Å². The Morgan fingerprint density at radius 3 is 2.29 bits per heavy atom. The van der Waals surface area contributed by atoms with Crippen LogP contribution in [0.25, 0.3) is 22.0 Å². The first-order valence-corrected chi connectivity index (χ1v) is 15.2. The number of ether oxygens (including phenoxy) is 1. The highest BCUT2D eigenvalue weighted by atomic mass is 32.2. The van der Waals surface area contributed by atoms with Crippen molar-refractivity contribution in [3.8, 4) is 16.9 Å². The molecule has 1 aromatic heterocycles. The number of carbonyl (C=O) groups excluding carboxylic acids is 1. The van der Waals surface area contributed by atoms with Crippen molar-refractivity contribution in [3.05, 3.63) is 115 Å². The molecule has 0 aliphatic carbocycles. The summed E-state index contributed by atoms with van der Waals surface area (Å²) >= 11 is 0. The molecule has 0 bridgehead atoms. The molecule has 5 aromatic rings. The van der Waals surface area contributed by atoms with Crippen LogP contribution in [0.3, 0.4) is 0 Å². The van der Waals surface area contributed by atoms with Gasteiger partial charge in [0.2, 0.25) is 0 Å². The number of sulfonamides is 1. The molecule has 6 rings (SSSR count). The van der Waals surface area contributed by atoms with Crippen LogP contribution in [-0.2, 0) is 10.0 Å². The number of anilines is 2.